The molecule has 4 aromatic rings. The Bertz CT molecular complexity index is 1200. The van der Waals surface area contributed by atoms with Gasteiger partial charge in [-0.3, -0.25) is 4.98 Å². The quantitative estimate of drug-likeness (QED) is 0.500. The van der Waals surface area contributed by atoms with E-state index < -0.39 is 0 Å². The normalized spacial score (nSPS) is 10.1. The van der Waals surface area contributed by atoms with Gasteiger partial charge >= 0.3 is 0 Å². The van der Waals surface area contributed by atoms with Crippen molar-refractivity contribution in [2.45, 2.75) is 0 Å². The van der Waals surface area contributed by atoms with Gasteiger partial charge in [0, 0.05) is 34.9 Å². The molecule has 0 aliphatic heterocycles. The molecule has 0 fully saturated rings. The number of hydrogen-bond donors (Lipinski definition) is 2. The van der Waals surface area contributed by atoms with Crippen molar-refractivity contribution in [1.29, 1.82) is 0 Å². The zero-order valence-corrected chi connectivity index (χ0v) is 15.9. The Morgan fingerprint density at radius 1 is 0.897 bits per heavy atom. The molecule has 0 unspecified atom stereocenters. The molecule has 140 valence electrons. The van der Waals surface area contributed by atoms with E-state index in [1.54, 1.807) is 30.7 Å². The lowest BCUT2D eigenvalue weighted by molar-refractivity contribution is 1.17. The Hall–Kier alpha value is -3.95. The van der Waals surface area contributed by atoms with Crippen LogP contribution in [0.2, 0.25) is 5.02 Å². The third-order valence-electron chi connectivity index (χ3n) is 3.96. The van der Waals surface area contributed by atoms with Crippen LogP contribution in [0.1, 0.15) is 11.3 Å². The molecule has 29 heavy (non-hydrogen) atoms. The summed E-state index contributed by atoms with van der Waals surface area (Å²) in [5.74, 6) is 6.81. The Kier molecular flexibility index (Phi) is 5.32. The molecule has 4 rings (SSSR count). The van der Waals surface area contributed by atoms with E-state index in [1.165, 1.54) is 0 Å². The molecule has 1 aromatic carbocycles. The maximum atomic E-state index is 6.07. The van der Waals surface area contributed by atoms with Gasteiger partial charge in [0.2, 0.25) is 5.95 Å². The smallest absolute Gasteiger partial charge is 0.229 e. The number of halogens is 1. The van der Waals surface area contributed by atoms with E-state index in [2.05, 4.69) is 37.1 Å². The van der Waals surface area contributed by atoms with E-state index in [0.29, 0.717) is 28.0 Å². The molecule has 0 aliphatic carbocycles. The number of nitrogen functional groups attached to an aromatic ring is 1. The highest BCUT2D eigenvalue weighted by Crippen LogP contribution is 2.23. The Morgan fingerprint density at radius 3 is 2.48 bits per heavy atom. The predicted molar refractivity (Wildman–Crippen MR) is 115 cm³/mol. The minimum absolute atomic E-state index is 0.359. The van der Waals surface area contributed by atoms with Gasteiger partial charge in [-0.05, 0) is 54.5 Å². The van der Waals surface area contributed by atoms with Crippen LogP contribution in [0.3, 0.4) is 0 Å². The molecule has 0 atom stereocenters. The largest absolute Gasteiger partial charge is 0.383 e. The highest BCUT2D eigenvalue weighted by Gasteiger charge is 2.07. The number of hydrogen-bond acceptors (Lipinski definition) is 6. The van der Waals surface area contributed by atoms with E-state index >= 15 is 0 Å². The molecule has 3 aromatic heterocycles. The van der Waals surface area contributed by atoms with Crippen LogP contribution in [0.15, 0.2) is 73.2 Å². The lowest BCUT2D eigenvalue weighted by Gasteiger charge is -2.08. The van der Waals surface area contributed by atoms with Gasteiger partial charge in [-0.15, -0.1) is 0 Å². The monoisotopic (exact) mass is 398 g/mol. The summed E-state index contributed by atoms with van der Waals surface area (Å²) >= 11 is 5.94. The number of rotatable bonds is 3. The van der Waals surface area contributed by atoms with Crippen LogP contribution in [-0.4, -0.2) is 19.9 Å². The minimum atomic E-state index is 0.359. The van der Waals surface area contributed by atoms with E-state index in [9.17, 15) is 0 Å². The molecule has 0 saturated carbocycles. The molecule has 0 aliphatic rings. The number of benzene rings is 1. The van der Waals surface area contributed by atoms with Crippen LogP contribution >= 0.6 is 11.6 Å². The van der Waals surface area contributed by atoms with Crippen molar-refractivity contribution in [2.75, 3.05) is 11.1 Å². The lowest BCUT2D eigenvalue weighted by Crippen LogP contribution is -2.02. The van der Waals surface area contributed by atoms with Crippen molar-refractivity contribution >= 4 is 29.1 Å². The van der Waals surface area contributed by atoms with Crippen molar-refractivity contribution in [3.05, 3.63) is 89.5 Å². The van der Waals surface area contributed by atoms with Gasteiger partial charge in [0.05, 0.1) is 11.3 Å². The van der Waals surface area contributed by atoms with Crippen molar-refractivity contribution < 1.29 is 0 Å². The van der Waals surface area contributed by atoms with Gasteiger partial charge in [-0.1, -0.05) is 23.6 Å². The molecule has 0 saturated heterocycles. The van der Waals surface area contributed by atoms with Crippen molar-refractivity contribution in [3.8, 4) is 23.1 Å². The van der Waals surface area contributed by atoms with Gasteiger partial charge < -0.3 is 11.1 Å². The number of pyridine rings is 2. The minimum Gasteiger partial charge on any atom is -0.383 e. The Balaban J connectivity index is 1.47. The zero-order valence-electron chi connectivity index (χ0n) is 15.2. The highest BCUT2D eigenvalue weighted by molar-refractivity contribution is 6.30. The van der Waals surface area contributed by atoms with Gasteiger partial charge in [-0.2, -0.15) is 4.98 Å². The average Bonchev–Trinajstić information content (AvgIpc) is 2.74. The van der Waals surface area contributed by atoms with Gasteiger partial charge in [-0.25, -0.2) is 9.97 Å². The van der Waals surface area contributed by atoms with Crippen LogP contribution in [0.5, 0.6) is 0 Å². The topological polar surface area (TPSA) is 89.6 Å². The maximum Gasteiger partial charge on any atom is 0.229 e. The van der Waals surface area contributed by atoms with Crippen LogP contribution in [0, 0.1) is 11.8 Å². The number of nitrogens with two attached hydrogens (primary N) is 1. The summed E-state index contributed by atoms with van der Waals surface area (Å²) in [6.45, 7) is 0. The molecule has 0 spiro atoms. The summed E-state index contributed by atoms with van der Waals surface area (Å²) in [6, 6.07) is 16.6. The maximum absolute atomic E-state index is 6.07. The molecular weight excluding hydrogens is 384 g/mol. The molecule has 0 amide bonds. The first-order chi connectivity index (χ1) is 14.2. The summed E-state index contributed by atoms with van der Waals surface area (Å²) in [4.78, 5) is 17.1. The summed E-state index contributed by atoms with van der Waals surface area (Å²) in [6.07, 6.45) is 4.99. The van der Waals surface area contributed by atoms with Crippen molar-refractivity contribution in [2.24, 2.45) is 0 Å². The van der Waals surface area contributed by atoms with E-state index in [0.717, 1.165) is 16.9 Å². The second-order valence-electron chi connectivity index (χ2n) is 6.02. The number of nitrogens with one attached hydrogen (secondary N) is 1. The molecule has 7 heteroatoms. The fourth-order valence-electron chi connectivity index (χ4n) is 2.55. The number of nitrogens with zero attached hydrogens (tertiary/aromatic N) is 4. The third-order valence-corrected chi connectivity index (χ3v) is 4.19. The molecule has 0 bridgehead atoms. The highest BCUT2D eigenvalue weighted by atomic mass is 35.5. The van der Waals surface area contributed by atoms with Crippen LogP contribution in [0.4, 0.5) is 17.5 Å². The van der Waals surface area contributed by atoms with Crippen molar-refractivity contribution in [3.63, 3.8) is 0 Å². The SMILES string of the molecule is Nc1nc(Nc2ccc(C#Cc3cc(Cl)ccn3)cc2)ncc1-c1ccccn1. The van der Waals surface area contributed by atoms with Crippen LogP contribution in [-0.2, 0) is 0 Å². The van der Waals surface area contributed by atoms with Gasteiger partial charge in [0.25, 0.3) is 0 Å². The number of aromatic nitrogens is 4. The molecular formula is C22H15ClN6. The van der Waals surface area contributed by atoms with Crippen molar-refractivity contribution in [1.82, 2.24) is 19.9 Å². The standard InChI is InChI=1S/C22H15ClN6/c23-16-10-12-25-18(13-16)9-6-15-4-7-17(8-5-15)28-22-27-14-19(21(24)29-22)20-3-1-2-11-26-20/h1-5,7-8,10-14H,(H3,24,27,28,29). The first-order valence-electron chi connectivity index (χ1n) is 8.72. The fourth-order valence-corrected chi connectivity index (χ4v) is 2.71. The summed E-state index contributed by atoms with van der Waals surface area (Å²) in [5, 5.41) is 3.74. The third kappa shape index (κ3) is 4.67. The first kappa shape index (κ1) is 18.4. The van der Waals surface area contributed by atoms with Crippen LogP contribution in [0.25, 0.3) is 11.3 Å². The first-order valence-corrected chi connectivity index (χ1v) is 9.10. The Labute approximate surface area is 172 Å². The second kappa shape index (κ2) is 8.38. The van der Waals surface area contributed by atoms with Crippen LogP contribution < -0.4 is 11.1 Å². The number of anilines is 3. The van der Waals surface area contributed by atoms with Gasteiger partial charge in [0.1, 0.15) is 11.5 Å². The predicted octanol–water partition coefficient (Wildman–Crippen LogP) is 4.31. The summed E-state index contributed by atoms with van der Waals surface area (Å²) < 4.78 is 0. The Morgan fingerprint density at radius 2 is 1.76 bits per heavy atom. The lowest BCUT2D eigenvalue weighted by atomic mass is 10.2. The summed E-state index contributed by atoms with van der Waals surface area (Å²) in [7, 11) is 0. The zero-order chi connectivity index (χ0) is 20.1. The molecule has 0 radical (unpaired) electrons. The van der Waals surface area contributed by atoms with E-state index in [4.69, 9.17) is 17.3 Å². The summed E-state index contributed by atoms with van der Waals surface area (Å²) in [5.41, 5.74) is 9.79. The van der Waals surface area contributed by atoms with E-state index in [-0.39, 0.29) is 0 Å². The molecule has 3 heterocycles. The van der Waals surface area contributed by atoms with E-state index in [1.807, 2.05) is 42.5 Å². The van der Waals surface area contributed by atoms with Gasteiger partial charge in [0.15, 0.2) is 0 Å². The average molecular weight is 399 g/mol. The molecule has 3 N–H and O–H groups in total. The fraction of sp³-hybridized carbons (Fsp3) is 0. The molecule has 6 nitrogen and oxygen atoms in total. The second-order valence-corrected chi connectivity index (χ2v) is 6.46.